The van der Waals surface area contributed by atoms with Crippen LogP contribution in [0.5, 0.6) is 5.75 Å². The molecule has 0 bridgehead atoms. The van der Waals surface area contributed by atoms with E-state index in [1.807, 2.05) is 32.9 Å². The number of carbonyl (C=O) groups excluding carboxylic acids is 1. The third-order valence-corrected chi connectivity index (χ3v) is 3.28. The Balaban J connectivity index is 2.80. The molecule has 0 unspecified atom stereocenters. The van der Waals surface area contributed by atoms with Crippen molar-refractivity contribution in [3.63, 3.8) is 0 Å². The normalized spacial score (nSPS) is 9.84. The summed E-state index contributed by atoms with van der Waals surface area (Å²) in [6.07, 6.45) is 0.509. The average molecular weight is 260 g/mol. The summed E-state index contributed by atoms with van der Waals surface area (Å²) in [5, 5.41) is 11.3. The summed E-state index contributed by atoms with van der Waals surface area (Å²) < 4.78 is 5.37. The summed E-state index contributed by atoms with van der Waals surface area (Å²) >= 11 is 0. The molecule has 0 spiro atoms. The predicted octanol–water partition coefficient (Wildman–Crippen LogP) is 2.54. The molecule has 0 aromatic heterocycles. The molecule has 1 amide bonds. The van der Waals surface area contributed by atoms with Crippen molar-refractivity contribution in [3.05, 3.63) is 28.3 Å². The maximum atomic E-state index is 11.5. The average Bonchev–Trinajstić information content (AvgIpc) is 2.39. The zero-order valence-electron chi connectivity index (χ0n) is 12.0. The van der Waals surface area contributed by atoms with E-state index in [0.29, 0.717) is 6.54 Å². The fourth-order valence-corrected chi connectivity index (χ4v) is 2.09. The number of hydrogen-bond acceptors (Lipinski definition) is 3. The van der Waals surface area contributed by atoms with Crippen molar-refractivity contribution in [2.45, 2.75) is 40.2 Å². The molecule has 19 heavy (non-hydrogen) atoms. The first-order chi connectivity index (χ1) is 9.01. The molecule has 1 rings (SSSR count). The van der Waals surface area contributed by atoms with E-state index in [9.17, 15) is 4.79 Å². The lowest BCUT2D eigenvalue weighted by molar-refractivity contribution is -0.121. The van der Waals surface area contributed by atoms with Crippen molar-refractivity contribution in [2.75, 3.05) is 7.11 Å². The zero-order valence-corrected chi connectivity index (χ0v) is 12.0. The summed E-state index contributed by atoms with van der Waals surface area (Å²) in [4.78, 5) is 11.5. The minimum atomic E-state index is -0.0907. The number of nitriles is 1. The number of hydrogen-bond donors (Lipinski definition) is 1. The molecule has 4 heteroatoms. The number of amides is 1. The number of aryl methyl sites for hydroxylation is 1. The van der Waals surface area contributed by atoms with Gasteiger partial charge in [0.15, 0.2) is 0 Å². The Bertz CT molecular complexity index is 516. The van der Waals surface area contributed by atoms with Gasteiger partial charge in [0.1, 0.15) is 5.75 Å². The standard InChI is InChI=1S/C15H20N2O2/c1-10-8-13(9-17-14(18)6-5-7-16)11(2)12(3)15(10)19-4/h8H,5-6,9H2,1-4H3,(H,17,18). The van der Waals surface area contributed by atoms with Crippen molar-refractivity contribution in [1.82, 2.24) is 5.32 Å². The van der Waals surface area contributed by atoms with Gasteiger partial charge >= 0.3 is 0 Å². The van der Waals surface area contributed by atoms with Gasteiger partial charge in [-0.2, -0.15) is 5.26 Å². The minimum absolute atomic E-state index is 0.0907. The first kappa shape index (κ1) is 15.0. The number of rotatable bonds is 5. The first-order valence-corrected chi connectivity index (χ1v) is 6.28. The third kappa shape index (κ3) is 3.72. The van der Waals surface area contributed by atoms with Crippen LogP contribution in [0.3, 0.4) is 0 Å². The van der Waals surface area contributed by atoms with Crippen molar-refractivity contribution in [2.24, 2.45) is 0 Å². The van der Waals surface area contributed by atoms with Crippen LogP contribution in [0.25, 0.3) is 0 Å². The highest BCUT2D eigenvalue weighted by Gasteiger charge is 2.11. The molecule has 1 aromatic rings. The van der Waals surface area contributed by atoms with Gasteiger partial charge in [-0.1, -0.05) is 6.07 Å². The molecule has 0 aliphatic rings. The van der Waals surface area contributed by atoms with Crippen LogP contribution in [-0.4, -0.2) is 13.0 Å². The van der Waals surface area contributed by atoms with Crippen molar-refractivity contribution < 1.29 is 9.53 Å². The van der Waals surface area contributed by atoms with Gasteiger partial charge in [-0.15, -0.1) is 0 Å². The lowest BCUT2D eigenvalue weighted by Crippen LogP contribution is -2.23. The molecule has 0 atom stereocenters. The van der Waals surface area contributed by atoms with Crippen LogP contribution in [0, 0.1) is 32.1 Å². The number of methoxy groups -OCH3 is 1. The van der Waals surface area contributed by atoms with Gasteiger partial charge in [-0.05, 0) is 43.0 Å². The van der Waals surface area contributed by atoms with Gasteiger partial charge in [0.05, 0.1) is 13.2 Å². The summed E-state index contributed by atoms with van der Waals surface area (Å²) in [5.41, 5.74) is 4.37. The Morgan fingerprint density at radius 2 is 2.05 bits per heavy atom. The van der Waals surface area contributed by atoms with Crippen LogP contribution < -0.4 is 10.1 Å². The van der Waals surface area contributed by atoms with Crippen LogP contribution in [0.4, 0.5) is 0 Å². The molecule has 1 aromatic carbocycles. The molecule has 0 aliphatic heterocycles. The highest BCUT2D eigenvalue weighted by Crippen LogP contribution is 2.28. The first-order valence-electron chi connectivity index (χ1n) is 6.28. The Labute approximate surface area is 114 Å². The number of nitrogens with zero attached hydrogens (tertiary/aromatic N) is 1. The van der Waals surface area contributed by atoms with E-state index in [4.69, 9.17) is 10.00 Å². The van der Waals surface area contributed by atoms with Crippen LogP contribution >= 0.6 is 0 Å². The van der Waals surface area contributed by atoms with Gasteiger partial charge in [-0.3, -0.25) is 4.79 Å². The van der Waals surface area contributed by atoms with Crippen LogP contribution in [0.15, 0.2) is 6.07 Å². The molecular formula is C15H20N2O2. The molecule has 1 N–H and O–H groups in total. The molecule has 0 aliphatic carbocycles. The number of benzene rings is 1. The number of carbonyl (C=O) groups is 1. The maximum Gasteiger partial charge on any atom is 0.221 e. The van der Waals surface area contributed by atoms with Crippen LogP contribution in [0.2, 0.25) is 0 Å². The smallest absolute Gasteiger partial charge is 0.221 e. The van der Waals surface area contributed by atoms with Crippen LogP contribution in [-0.2, 0) is 11.3 Å². The highest BCUT2D eigenvalue weighted by molar-refractivity contribution is 5.76. The molecule has 0 saturated carbocycles. The van der Waals surface area contributed by atoms with Gasteiger partial charge in [0.2, 0.25) is 5.91 Å². The van der Waals surface area contributed by atoms with E-state index in [1.165, 1.54) is 0 Å². The number of ether oxygens (including phenoxy) is 1. The minimum Gasteiger partial charge on any atom is -0.496 e. The molecule has 0 fully saturated rings. The second-order valence-electron chi connectivity index (χ2n) is 4.57. The summed E-state index contributed by atoms with van der Waals surface area (Å²) in [6.45, 7) is 6.52. The van der Waals surface area contributed by atoms with Crippen molar-refractivity contribution >= 4 is 5.91 Å². The fraction of sp³-hybridized carbons (Fsp3) is 0.467. The number of nitrogens with one attached hydrogen (secondary N) is 1. The van der Waals surface area contributed by atoms with Crippen molar-refractivity contribution in [3.8, 4) is 11.8 Å². The molecule has 102 valence electrons. The summed E-state index contributed by atoms with van der Waals surface area (Å²) in [6, 6.07) is 4.00. The molecule has 0 heterocycles. The molecule has 0 saturated heterocycles. The van der Waals surface area contributed by atoms with E-state index in [1.54, 1.807) is 7.11 Å². The van der Waals surface area contributed by atoms with E-state index in [2.05, 4.69) is 5.32 Å². The lowest BCUT2D eigenvalue weighted by atomic mass is 9.98. The Morgan fingerprint density at radius 3 is 2.63 bits per heavy atom. The fourth-order valence-electron chi connectivity index (χ4n) is 2.09. The van der Waals surface area contributed by atoms with E-state index in [-0.39, 0.29) is 18.7 Å². The second kappa shape index (κ2) is 6.79. The Hall–Kier alpha value is -2.02. The largest absolute Gasteiger partial charge is 0.496 e. The second-order valence-corrected chi connectivity index (χ2v) is 4.57. The lowest BCUT2D eigenvalue weighted by Gasteiger charge is -2.16. The van der Waals surface area contributed by atoms with E-state index < -0.39 is 0 Å². The maximum absolute atomic E-state index is 11.5. The monoisotopic (exact) mass is 260 g/mol. The summed E-state index contributed by atoms with van der Waals surface area (Å²) in [5.74, 6) is 0.809. The van der Waals surface area contributed by atoms with Gasteiger partial charge < -0.3 is 10.1 Å². The Morgan fingerprint density at radius 1 is 1.37 bits per heavy atom. The van der Waals surface area contributed by atoms with E-state index >= 15 is 0 Å². The van der Waals surface area contributed by atoms with E-state index in [0.717, 1.165) is 28.0 Å². The molecule has 4 nitrogen and oxygen atoms in total. The molecule has 0 radical (unpaired) electrons. The zero-order chi connectivity index (χ0) is 14.4. The van der Waals surface area contributed by atoms with Crippen LogP contribution in [0.1, 0.15) is 35.1 Å². The third-order valence-electron chi connectivity index (χ3n) is 3.28. The van der Waals surface area contributed by atoms with Gasteiger partial charge in [-0.25, -0.2) is 0 Å². The SMILES string of the molecule is COc1c(C)cc(CNC(=O)CCC#N)c(C)c1C. The van der Waals surface area contributed by atoms with Gasteiger partial charge in [0, 0.05) is 19.4 Å². The topological polar surface area (TPSA) is 62.1 Å². The van der Waals surface area contributed by atoms with Gasteiger partial charge in [0.25, 0.3) is 0 Å². The predicted molar refractivity (Wildman–Crippen MR) is 73.9 cm³/mol. The summed E-state index contributed by atoms with van der Waals surface area (Å²) in [7, 11) is 1.66. The van der Waals surface area contributed by atoms with Crippen molar-refractivity contribution in [1.29, 1.82) is 5.26 Å². The quantitative estimate of drug-likeness (QED) is 0.885. The molecular weight excluding hydrogens is 240 g/mol. The Kier molecular flexibility index (Phi) is 5.37. The highest BCUT2D eigenvalue weighted by atomic mass is 16.5.